The van der Waals surface area contributed by atoms with Crippen LogP contribution in [0.1, 0.15) is 31.9 Å². The lowest BCUT2D eigenvalue weighted by Crippen LogP contribution is -2.56. The van der Waals surface area contributed by atoms with Gasteiger partial charge in [-0.15, -0.1) is 13.2 Å². The van der Waals surface area contributed by atoms with Gasteiger partial charge in [-0.05, 0) is 68.3 Å². The standard InChI is InChI=1S/C25H23F7N4O2/c1-23(2,20-10-11-33-22(34-20)24(27,28)29)35-18-13-19(14-4-3-5-15(26)12-14)36(21(18)37)16-6-8-17(9-7-16)38-25(30,31)32/h3-12,18-19,22,34-35H,13H2,1-2H3/t18-,19-,22?/m1/s1. The number of nitrogens with one attached hydrogen (secondary N) is 2. The van der Waals surface area contributed by atoms with E-state index in [0.29, 0.717) is 5.56 Å². The minimum Gasteiger partial charge on any atom is -0.406 e. The van der Waals surface area contributed by atoms with Crippen LogP contribution in [0.15, 0.2) is 65.3 Å². The zero-order valence-corrected chi connectivity index (χ0v) is 20.1. The van der Waals surface area contributed by atoms with Crippen LogP contribution in [0.5, 0.6) is 5.75 Å². The molecule has 13 heteroatoms. The minimum atomic E-state index is -4.90. The number of rotatable bonds is 6. The van der Waals surface area contributed by atoms with Crippen molar-refractivity contribution in [3.8, 4) is 5.75 Å². The molecule has 38 heavy (non-hydrogen) atoms. The van der Waals surface area contributed by atoms with Crippen molar-refractivity contribution >= 4 is 17.8 Å². The van der Waals surface area contributed by atoms with Crippen molar-refractivity contribution in [2.75, 3.05) is 4.90 Å². The summed E-state index contributed by atoms with van der Waals surface area (Å²) in [4.78, 5) is 18.3. The highest BCUT2D eigenvalue weighted by atomic mass is 19.4. The van der Waals surface area contributed by atoms with Crippen LogP contribution in [0, 0.1) is 5.82 Å². The number of amides is 1. The van der Waals surface area contributed by atoms with Crippen LogP contribution in [0.25, 0.3) is 0 Å². The number of hydrogen-bond acceptors (Lipinski definition) is 5. The first kappa shape index (κ1) is 27.4. The number of benzene rings is 2. The molecule has 3 atom stereocenters. The van der Waals surface area contributed by atoms with Crippen molar-refractivity contribution in [1.82, 2.24) is 10.6 Å². The molecule has 2 N–H and O–H groups in total. The average Bonchev–Trinajstić information content (AvgIpc) is 3.13. The topological polar surface area (TPSA) is 66.0 Å². The maximum absolute atomic E-state index is 14.0. The van der Waals surface area contributed by atoms with Gasteiger partial charge in [-0.2, -0.15) is 13.2 Å². The monoisotopic (exact) mass is 544 g/mol. The molecule has 2 aliphatic rings. The van der Waals surface area contributed by atoms with E-state index in [2.05, 4.69) is 20.4 Å². The zero-order chi connectivity index (χ0) is 27.9. The Morgan fingerprint density at radius 1 is 1.05 bits per heavy atom. The second-order valence-electron chi connectivity index (χ2n) is 9.35. The molecule has 6 nitrogen and oxygen atoms in total. The van der Waals surface area contributed by atoms with Gasteiger partial charge < -0.3 is 15.0 Å². The Balaban J connectivity index is 1.62. The maximum Gasteiger partial charge on any atom is 0.573 e. The fraction of sp³-hybridized carbons (Fsp3) is 0.360. The van der Waals surface area contributed by atoms with Gasteiger partial charge in [0.2, 0.25) is 12.1 Å². The van der Waals surface area contributed by atoms with Crippen LogP contribution >= 0.6 is 0 Å². The number of alkyl halides is 6. The fourth-order valence-corrected chi connectivity index (χ4v) is 4.49. The summed E-state index contributed by atoms with van der Waals surface area (Å²) in [7, 11) is 0. The van der Waals surface area contributed by atoms with E-state index in [1.807, 2.05) is 0 Å². The van der Waals surface area contributed by atoms with Crippen molar-refractivity contribution in [1.29, 1.82) is 0 Å². The number of hydrogen-bond donors (Lipinski definition) is 2. The number of carbonyl (C=O) groups is 1. The third-order valence-electron chi connectivity index (χ3n) is 6.18. The van der Waals surface area contributed by atoms with E-state index < -0.39 is 53.8 Å². The maximum atomic E-state index is 14.0. The molecule has 204 valence electrons. The van der Waals surface area contributed by atoms with Gasteiger partial charge in [-0.1, -0.05) is 12.1 Å². The van der Waals surface area contributed by atoms with E-state index in [0.717, 1.165) is 18.3 Å². The van der Waals surface area contributed by atoms with Gasteiger partial charge in [0.1, 0.15) is 11.6 Å². The van der Waals surface area contributed by atoms with E-state index in [1.165, 1.54) is 41.3 Å². The van der Waals surface area contributed by atoms with Crippen molar-refractivity contribution in [2.24, 2.45) is 4.99 Å². The summed E-state index contributed by atoms with van der Waals surface area (Å²) in [6, 6.07) is 8.57. The molecule has 0 aliphatic carbocycles. The van der Waals surface area contributed by atoms with E-state index >= 15 is 0 Å². The fourth-order valence-electron chi connectivity index (χ4n) is 4.49. The summed E-state index contributed by atoms with van der Waals surface area (Å²) in [5, 5.41) is 5.42. The first-order chi connectivity index (χ1) is 17.6. The molecule has 2 aliphatic heterocycles. The van der Waals surface area contributed by atoms with Gasteiger partial charge in [0.25, 0.3) is 0 Å². The number of carbonyl (C=O) groups excluding carboxylic acids is 1. The van der Waals surface area contributed by atoms with Gasteiger partial charge >= 0.3 is 12.5 Å². The summed E-state index contributed by atoms with van der Waals surface area (Å²) in [5.74, 6) is -1.52. The molecule has 2 aromatic carbocycles. The minimum absolute atomic E-state index is 0.108. The molecule has 2 aromatic rings. The number of halogens is 7. The van der Waals surface area contributed by atoms with Crippen LogP contribution in [0.3, 0.4) is 0 Å². The largest absolute Gasteiger partial charge is 0.573 e. The molecule has 0 bridgehead atoms. The Bertz CT molecular complexity index is 1240. The molecule has 1 fully saturated rings. The Labute approximate surface area is 213 Å². The molecule has 0 radical (unpaired) electrons. The van der Waals surface area contributed by atoms with E-state index in [4.69, 9.17) is 0 Å². The predicted octanol–water partition coefficient (Wildman–Crippen LogP) is 5.39. The summed E-state index contributed by atoms with van der Waals surface area (Å²) in [6.07, 6.45) is -9.15. The Hall–Kier alpha value is -3.61. The lowest BCUT2D eigenvalue weighted by molar-refractivity contribution is -0.274. The molecule has 4 rings (SSSR count). The number of ether oxygens (including phenoxy) is 1. The number of aliphatic imine (C=N–C) groups is 1. The number of allylic oxidation sites excluding steroid dienone is 1. The average molecular weight is 544 g/mol. The first-order valence-electron chi connectivity index (χ1n) is 11.4. The summed E-state index contributed by atoms with van der Waals surface area (Å²) in [5.41, 5.74) is -0.323. The van der Waals surface area contributed by atoms with Gasteiger partial charge in [0.15, 0.2) is 0 Å². The molecule has 0 saturated carbocycles. The van der Waals surface area contributed by atoms with E-state index in [9.17, 15) is 35.5 Å². The summed E-state index contributed by atoms with van der Waals surface area (Å²) in [6.45, 7) is 3.18. The number of anilines is 1. The SMILES string of the molecule is CC(C)(N[C@@H]1C[C@H](c2cccc(F)c2)N(c2ccc(OC(F)(F)F)cc2)C1=O)C1=CC=NC(C(F)(F)F)N1. The molecular formula is C25H23F7N4O2. The molecule has 2 heterocycles. The Morgan fingerprint density at radius 2 is 1.74 bits per heavy atom. The smallest absolute Gasteiger partial charge is 0.406 e. The Morgan fingerprint density at radius 3 is 2.34 bits per heavy atom. The molecular weight excluding hydrogens is 521 g/mol. The van der Waals surface area contributed by atoms with Gasteiger partial charge in [-0.3, -0.25) is 15.1 Å². The highest BCUT2D eigenvalue weighted by molar-refractivity contribution is 6.00. The van der Waals surface area contributed by atoms with E-state index in [-0.39, 0.29) is 17.8 Å². The van der Waals surface area contributed by atoms with Crippen LogP contribution in [0.2, 0.25) is 0 Å². The third kappa shape index (κ3) is 6.09. The van der Waals surface area contributed by atoms with Crippen molar-refractivity contribution in [2.45, 2.75) is 56.6 Å². The van der Waals surface area contributed by atoms with Crippen LogP contribution in [-0.4, -0.2) is 42.4 Å². The third-order valence-corrected chi connectivity index (χ3v) is 6.18. The number of nitrogens with zero attached hydrogens (tertiary/aromatic N) is 2. The van der Waals surface area contributed by atoms with Crippen molar-refractivity contribution in [3.63, 3.8) is 0 Å². The molecule has 1 amide bonds. The van der Waals surface area contributed by atoms with Crippen molar-refractivity contribution in [3.05, 3.63) is 71.7 Å². The lowest BCUT2D eigenvalue weighted by Gasteiger charge is -2.35. The first-order valence-corrected chi connectivity index (χ1v) is 11.4. The van der Waals surface area contributed by atoms with Crippen LogP contribution in [0.4, 0.5) is 36.4 Å². The lowest BCUT2D eigenvalue weighted by atomic mass is 9.95. The van der Waals surface area contributed by atoms with Crippen molar-refractivity contribution < 1.29 is 40.3 Å². The summed E-state index contributed by atoms with van der Waals surface area (Å²) >= 11 is 0. The van der Waals surface area contributed by atoms with Gasteiger partial charge in [-0.25, -0.2) is 4.39 Å². The normalized spacial score (nSPS) is 22.3. The van der Waals surface area contributed by atoms with Gasteiger partial charge in [0.05, 0.1) is 17.6 Å². The zero-order valence-electron chi connectivity index (χ0n) is 20.1. The second-order valence-corrected chi connectivity index (χ2v) is 9.35. The molecule has 1 saturated heterocycles. The van der Waals surface area contributed by atoms with Crippen LogP contribution < -0.4 is 20.3 Å². The van der Waals surface area contributed by atoms with E-state index in [1.54, 1.807) is 19.9 Å². The highest BCUT2D eigenvalue weighted by Crippen LogP contribution is 2.39. The van der Waals surface area contributed by atoms with Crippen LogP contribution in [-0.2, 0) is 4.79 Å². The highest BCUT2D eigenvalue weighted by Gasteiger charge is 2.46. The molecule has 0 spiro atoms. The predicted molar refractivity (Wildman–Crippen MR) is 125 cm³/mol. The second kappa shape index (κ2) is 9.93. The Kier molecular flexibility index (Phi) is 7.17. The summed E-state index contributed by atoms with van der Waals surface area (Å²) < 4.78 is 95.3. The quantitative estimate of drug-likeness (QED) is 0.479. The molecule has 1 unspecified atom stereocenters. The van der Waals surface area contributed by atoms with Gasteiger partial charge in [0, 0.05) is 17.6 Å². The molecule has 0 aromatic heterocycles.